The van der Waals surface area contributed by atoms with Crippen LogP contribution in [0, 0.1) is 0 Å². The molecule has 0 amide bonds. The minimum absolute atomic E-state index is 0.155. The Labute approximate surface area is 149 Å². The van der Waals surface area contributed by atoms with E-state index in [0.29, 0.717) is 6.10 Å². The van der Waals surface area contributed by atoms with Crippen molar-refractivity contribution in [3.8, 4) is 0 Å². The molecule has 25 heavy (non-hydrogen) atoms. The van der Waals surface area contributed by atoms with Crippen molar-refractivity contribution in [2.24, 2.45) is 7.05 Å². The van der Waals surface area contributed by atoms with Gasteiger partial charge in [0, 0.05) is 38.8 Å². The maximum Gasteiger partial charge on any atom is 0.203 e. The van der Waals surface area contributed by atoms with Gasteiger partial charge in [0.15, 0.2) is 0 Å². The third-order valence-corrected chi connectivity index (χ3v) is 5.66. The molecule has 136 valence electrons. The SMILES string of the molecule is CCOC1CC(CNc2nc3ccccc3n2C)(N2CCOCC2)C1. The zero-order valence-corrected chi connectivity index (χ0v) is 15.2. The fourth-order valence-corrected chi connectivity index (χ4v) is 4.24. The van der Waals surface area contributed by atoms with Crippen molar-refractivity contribution < 1.29 is 9.47 Å². The first kappa shape index (κ1) is 16.8. The van der Waals surface area contributed by atoms with Crippen LogP contribution in [-0.2, 0) is 16.5 Å². The van der Waals surface area contributed by atoms with Gasteiger partial charge in [-0.25, -0.2) is 4.98 Å². The number of ether oxygens (including phenoxy) is 2. The molecule has 2 heterocycles. The number of imidazole rings is 1. The van der Waals surface area contributed by atoms with Crippen molar-refractivity contribution in [3.63, 3.8) is 0 Å². The number of rotatable bonds is 6. The number of para-hydroxylation sites is 2. The van der Waals surface area contributed by atoms with Crippen LogP contribution in [-0.4, -0.2) is 65.5 Å². The highest BCUT2D eigenvalue weighted by Crippen LogP contribution is 2.40. The second-order valence-corrected chi connectivity index (χ2v) is 7.15. The van der Waals surface area contributed by atoms with Crippen molar-refractivity contribution in [1.29, 1.82) is 0 Å². The molecule has 1 aromatic heterocycles. The lowest BCUT2D eigenvalue weighted by molar-refractivity contribution is -0.121. The summed E-state index contributed by atoms with van der Waals surface area (Å²) in [5, 5.41) is 3.62. The Bertz CT molecular complexity index is 717. The van der Waals surface area contributed by atoms with E-state index in [0.717, 1.165) is 69.3 Å². The summed E-state index contributed by atoms with van der Waals surface area (Å²) in [7, 11) is 2.07. The van der Waals surface area contributed by atoms with E-state index < -0.39 is 0 Å². The molecular formula is C19H28N4O2. The van der Waals surface area contributed by atoms with Crippen molar-refractivity contribution in [2.75, 3.05) is 44.8 Å². The minimum Gasteiger partial charge on any atom is -0.379 e. The zero-order chi connectivity index (χ0) is 17.3. The number of aryl methyl sites for hydroxylation is 1. The topological polar surface area (TPSA) is 51.5 Å². The first-order valence-corrected chi connectivity index (χ1v) is 9.31. The van der Waals surface area contributed by atoms with Gasteiger partial charge in [0.2, 0.25) is 5.95 Å². The van der Waals surface area contributed by atoms with E-state index in [1.54, 1.807) is 0 Å². The Balaban J connectivity index is 1.49. The third-order valence-electron chi connectivity index (χ3n) is 5.66. The van der Waals surface area contributed by atoms with Gasteiger partial charge in [0.25, 0.3) is 0 Å². The quantitative estimate of drug-likeness (QED) is 0.871. The Morgan fingerprint density at radius 3 is 2.76 bits per heavy atom. The van der Waals surface area contributed by atoms with Gasteiger partial charge in [-0.2, -0.15) is 0 Å². The molecule has 6 nitrogen and oxygen atoms in total. The van der Waals surface area contributed by atoms with E-state index >= 15 is 0 Å². The predicted molar refractivity (Wildman–Crippen MR) is 99.0 cm³/mol. The molecule has 4 rings (SSSR count). The number of hydrogen-bond acceptors (Lipinski definition) is 5. The van der Waals surface area contributed by atoms with Crippen LogP contribution in [0.4, 0.5) is 5.95 Å². The second kappa shape index (κ2) is 6.94. The highest BCUT2D eigenvalue weighted by Gasteiger charge is 2.49. The molecule has 0 spiro atoms. The van der Waals surface area contributed by atoms with Crippen LogP contribution in [0.15, 0.2) is 24.3 Å². The molecule has 1 saturated heterocycles. The summed E-state index contributed by atoms with van der Waals surface area (Å²) in [5.41, 5.74) is 2.35. The standard InChI is InChI=1S/C19H28N4O2/c1-3-25-15-12-19(13-15,23-8-10-24-11-9-23)14-20-18-21-16-6-4-5-7-17(16)22(18)2/h4-7,15H,3,8-14H2,1-2H3,(H,20,21). The molecule has 1 aliphatic heterocycles. The van der Waals surface area contributed by atoms with Crippen LogP contribution < -0.4 is 5.32 Å². The third kappa shape index (κ3) is 3.14. The van der Waals surface area contributed by atoms with Crippen molar-refractivity contribution in [1.82, 2.24) is 14.5 Å². The van der Waals surface area contributed by atoms with Crippen LogP contribution >= 0.6 is 0 Å². The summed E-state index contributed by atoms with van der Waals surface area (Å²) >= 11 is 0. The smallest absolute Gasteiger partial charge is 0.203 e. The molecule has 0 unspecified atom stereocenters. The lowest BCUT2D eigenvalue weighted by Gasteiger charge is -2.55. The van der Waals surface area contributed by atoms with E-state index in [1.807, 2.05) is 6.07 Å². The van der Waals surface area contributed by atoms with E-state index in [-0.39, 0.29) is 5.54 Å². The number of aromatic nitrogens is 2. The average molecular weight is 344 g/mol. The average Bonchev–Trinajstić information content (AvgIpc) is 2.94. The van der Waals surface area contributed by atoms with Crippen LogP contribution in [0.2, 0.25) is 0 Å². The number of fused-ring (bicyclic) bond motifs is 1. The molecule has 0 atom stereocenters. The Morgan fingerprint density at radius 1 is 1.28 bits per heavy atom. The van der Waals surface area contributed by atoms with Crippen molar-refractivity contribution in [2.45, 2.75) is 31.4 Å². The predicted octanol–water partition coefficient (Wildman–Crippen LogP) is 2.26. The molecule has 0 radical (unpaired) electrons. The number of nitrogens with one attached hydrogen (secondary N) is 1. The van der Waals surface area contributed by atoms with Crippen LogP contribution in [0.25, 0.3) is 11.0 Å². The Kier molecular flexibility index (Phi) is 4.67. The number of anilines is 1. The van der Waals surface area contributed by atoms with Gasteiger partial charge in [-0.15, -0.1) is 0 Å². The minimum atomic E-state index is 0.155. The lowest BCUT2D eigenvalue weighted by Crippen LogP contribution is -2.65. The van der Waals surface area contributed by atoms with Gasteiger partial charge in [-0.3, -0.25) is 4.90 Å². The highest BCUT2D eigenvalue weighted by atomic mass is 16.5. The molecule has 1 aromatic carbocycles. The fourth-order valence-electron chi connectivity index (χ4n) is 4.24. The van der Waals surface area contributed by atoms with Crippen LogP contribution in [0.3, 0.4) is 0 Å². The van der Waals surface area contributed by atoms with Gasteiger partial charge < -0.3 is 19.4 Å². The van der Waals surface area contributed by atoms with E-state index in [2.05, 4.69) is 47.0 Å². The lowest BCUT2D eigenvalue weighted by atomic mass is 9.72. The first-order valence-electron chi connectivity index (χ1n) is 9.31. The van der Waals surface area contributed by atoms with Crippen molar-refractivity contribution in [3.05, 3.63) is 24.3 Å². The van der Waals surface area contributed by atoms with Crippen LogP contribution in [0.5, 0.6) is 0 Å². The summed E-state index contributed by atoms with van der Waals surface area (Å²) in [6, 6.07) is 8.26. The van der Waals surface area contributed by atoms with Gasteiger partial charge >= 0.3 is 0 Å². The summed E-state index contributed by atoms with van der Waals surface area (Å²) in [6.45, 7) is 7.43. The summed E-state index contributed by atoms with van der Waals surface area (Å²) in [4.78, 5) is 7.34. The Hall–Kier alpha value is -1.63. The van der Waals surface area contributed by atoms with Gasteiger partial charge in [0.05, 0.1) is 30.4 Å². The van der Waals surface area contributed by atoms with Gasteiger partial charge in [-0.1, -0.05) is 12.1 Å². The summed E-state index contributed by atoms with van der Waals surface area (Å²) in [6.07, 6.45) is 2.55. The van der Waals surface area contributed by atoms with E-state index in [1.165, 1.54) is 0 Å². The molecule has 0 bridgehead atoms. The summed E-state index contributed by atoms with van der Waals surface area (Å²) in [5.74, 6) is 0.939. The highest BCUT2D eigenvalue weighted by molar-refractivity contribution is 5.78. The number of nitrogens with zero attached hydrogens (tertiary/aromatic N) is 3. The second-order valence-electron chi connectivity index (χ2n) is 7.15. The molecule has 2 aliphatic rings. The maximum atomic E-state index is 5.84. The Morgan fingerprint density at radius 2 is 2.04 bits per heavy atom. The fraction of sp³-hybridized carbons (Fsp3) is 0.632. The molecule has 6 heteroatoms. The first-order chi connectivity index (χ1) is 12.2. The zero-order valence-electron chi connectivity index (χ0n) is 15.2. The van der Waals surface area contributed by atoms with E-state index in [4.69, 9.17) is 14.5 Å². The number of hydrogen-bond donors (Lipinski definition) is 1. The normalized spacial score (nSPS) is 27.4. The molecule has 2 fully saturated rings. The molecule has 1 aliphatic carbocycles. The van der Waals surface area contributed by atoms with E-state index in [9.17, 15) is 0 Å². The van der Waals surface area contributed by atoms with Gasteiger partial charge in [0.1, 0.15) is 0 Å². The van der Waals surface area contributed by atoms with Crippen molar-refractivity contribution >= 4 is 17.0 Å². The largest absolute Gasteiger partial charge is 0.379 e. The monoisotopic (exact) mass is 344 g/mol. The number of morpholine rings is 1. The van der Waals surface area contributed by atoms with Crippen LogP contribution in [0.1, 0.15) is 19.8 Å². The molecule has 1 N–H and O–H groups in total. The maximum absolute atomic E-state index is 5.84. The molecule has 1 saturated carbocycles. The van der Waals surface area contributed by atoms with Gasteiger partial charge in [-0.05, 0) is 31.9 Å². The number of benzene rings is 1. The molecule has 2 aromatic rings. The molecular weight excluding hydrogens is 316 g/mol. The summed E-state index contributed by atoms with van der Waals surface area (Å²) < 4.78 is 13.5.